The molecule has 0 bridgehead atoms. The molecule has 1 saturated carbocycles. The Morgan fingerprint density at radius 1 is 1.05 bits per heavy atom. The Bertz CT molecular complexity index is 396. The number of hydrogen-bond donors (Lipinski definition) is 2. The first-order chi connectivity index (χ1) is 9.00. The number of hydrogen-bond acceptors (Lipinski definition) is 3. The lowest BCUT2D eigenvalue weighted by Crippen LogP contribution is -2.52. The third-order valence-electron chi connectivity index (χ3n) is 4.25. The number of piperidine rings is 1. The van der Waals surface area contributed by atoms with Crippen molar-refractivity contribution in [2.75, 3.05) is 6.54 Å². The third kappa shape index (κ3) is 2.88. The minimum Gasteiger partial charge on any atom is -0.481 e. The van der Waals surface area contributed by atoms with Crippen LogP contribution in [-0.2, 0) is 14.4 Å². The van der Waals surface area contributed by atoms with Crippen molar-refractivity contribution in [2.24, 2.45) is 17.6 Å². The molecular weight excluding hydrogens is 248 g/mol. The molecule has 19 heavy (non-hydrogen) atoms. The Balaban J connectivity index is 2.02. The van der Waals surface area contributed by atoms with Crippen molar-refractivity contribution in [3.8, 4) is 0 Å². The number of likely N-dealkylation sites (tertiary alicyclic amines) is 1. The normalized spacial score (nSPS) is 31.2. The second-order valence-corrected chi connectivity index (χ2v) is 5.49. The summed E-state index contributed by atoms with van der Waals surface area (Å²) >= 11 is 0. The van der Waals surface area contributed by atoms with Crippen LogP contribution < -0.4 is 5.73 Å². The average molecular weight is 268 g/mol. The van der Waals surface area contributed by atoms with Crippen LogP contribution in [0.4, 0.5) is 0 Å². The second kappa shape index (κ2) is 5.59. The van der Waals surface area contributed by atoms with Crippen molar-refractivity contribution in [3.05, 3.63) is 0 Å². The highest BCUT2D eigenvalue weighted by Crippen LogP contribution is 2.33. The van der Waals surface area contributed by atoms with Crippen LogP contribution in [0.15, 0.2) is 0 Å². The van der Waals surface area contributed by atoms with E-state index in [1.54, 1.807) is 4.90 Å². The summed E-state index contributed by atoms with van der Waals surface area (Å²) in [5.74, 6) is -2.07. The molecule has 1 unspecified atom stereocenters. The smallest absolute Gasteiger partial charge is 0.306 e. The topological polar surface area (TPSA) is 101 Å². The van der Waals surface area contributed by atoms with Crippen molar-refractivity contribution in [1.29, 1.82) is 0 Å². The van der Waals surface area contributed by atoms with Gasteiger partial charge in [-0.25, -0.2) is 0 Å². The van der Waals surface area contributed by atoms with Crippen LogP contribution in [0.5, 0.6) is 0 Å². The van der Waals surface area contributed by atoms with Gasteiger partial charge in [0.2, 0.25) is 11.8 Å². The number of rotatable bonds is 3. The number of carboxylic acids is 1. The molecule has 0 aromatic heterocycles. The molecule has 3 N–H and O–H groups in total. The molecule has 0 radical (unpaired) electrons. The molecule has 1 heterocycles. The molecule has 0 aromatic carbocycles. The van der Waals surface area contributed by atoms with Gasteiger partial charge in [0.15, 0.2) is 0 Å². The lowest BCUT2D eigenvalue weighted by atomic mass is 9.97. The highest BCUT2D eigenvalue weighted by Gasteiger charge is 2.39. The van der Waals surface area contributed by atoms with Crippen molar-refractivity contribution in [3.63, 3.8) is 0 Å². The maximum absolute atomic E-state index is 12.4. The first kappa shape index (κ1) is 13.8. The number of amides is 2. The molecule has 3 atom stereocenters. The van der Waals surface area contributed by atoms with E-state index in [2.05, 4.69) is 0 Å². The number of carbonyl (C=O) groups excluding carboxylic acids is 2. The lowest BCUT2D eigenvalue weighted by Gasteiger charge is -2.35. The summed E-state index contributed by atoms with van der Waals surface area (Å²) in [6, 6.07) is -0.509. The van der Waals surface area contributed by atoms with Crippen LogP contribution in [0.1, 0.15) is 38.5 Å². The van der Waals surface area contributed by atoms with E-state index in [-0.39, 0.29) is 11.8 Å². The zero-order chi connectivity index (χ0) is 14.0. The fourth-order valence-corrected chi connectivity index (χ4v) is 3.16. The first-order valence-electron chi connectivity index (χ1n) is 6.83. The van der Waals surface area contributed by atoms with Gasteiger partial charge in [0, 0.05) is 12.5 Å². The standard InChI is InChI=1S/C13H20N2O4/c14-11(16)10-3-1-2-6-15(10)12(17)8-4-5-9(7-8)13(18)19/h8-10H,1-7H2,(H2,14,16)(H,18,19)/t8-,9+,10?/m1/s1. The first-order valence-corrected chi connectivity index (χ1v) is 6.83. The van der Waals surface area contributed by atoms with Gasteiger partial charge < -0.3 is 15.7 Å². The van der Waals surface area contributed by atoms with Crippen LogP contribution in [0, 0.1) is 11.8 Å². The van der Waals surface area contributed by atoms with Crippen LogP contribution in [-0.4, -0.2) is 40.4 Å². The minimum atomic E-state index is -0.833. The summed E-state index contributed by atoms with van der Waals surface area (Å²) in [6.45, 7) is 0.556. The van der Waals surface area contributed by atoms with E-state index in [1.165, 1.54) is 0 Å². The molecular formula is C13H20N2O4. The average Bonchev–Trinajstić information content (AvgIpc) is 2.87. The maximum atomic E-state index is 12.4. The van der Waals surface area contributed by atoms with Gasteiger partial charge in [-0.15, -0.1) is 0 Å². The molecule has 2 fully saturated rings. The fraction of sp³-hybridized carbons (Fsp3) is 0.769. The largest absolute Gasteiger partial charge is 0.481 e. The molecule has 106 valence electrons. The number of primary amides is 1. The Labute approximate surface area is 111 Å². The van der Waals surface area contributed by atoms with E-state index < -0.39 is 23.8 Å². The molecule has 2 aliphatic rings. The zero-order valence-electron chi connectivity index (χ0n) is 10.9. The van der Waals surface area contributed by atoms with E-state index in [4.69, 9.17) is 10.8 Å². The van der Waals surface area contributed by atoms with Gasteiger partial charge in [-0.1, -0.05) is 0 Å². The highest BCUT2D eigenvalue weighted by atomic mass is 16.4. The molecule has 6 nitrogen and oxygen atoms in total. The van der Waals surface area contributed by atoms with E-state index in [1.807, 2.05) is 0 Å². The Morgan fingerprint density at radius 2 is 1.74 bits per heavy atom. The molecule has 6 heteroatoms. The minimum absolute atomic E-state index is 0.0905. The molecule has 2 rings (SSSR count). The monoisotopic (exact) mass is 268 g/mol. The summed E-state index contributed by atoms with van der Waals surface area (Å²) in [5.41, 5.74) is 5.34. The Kier molecular flexibility index (Phi) is 4.07. The number of nitrogens with zero attached hydrogens (tertiary/aromatic N) is 1. The van der Waals surface area contributed by atoms with Crippen LogP contribution in [0.25, 0.3) is 0 Å². The van der Waals surface area contributed by atoms with E-state index in [0.717, 1.165) is 12.8 Å². The van der Waals surface area contributed by atoms with E-state index in [0.29, 0.717) is 32.2 Å². The SMILES string of the molecule is NC(=O)C1CCCCN1C(=O)[C@@H]1CC[C@H](C(=O)O)C1. The third-order valence-corrected chi connectivity index (χ3v) is 4.25. The van der Waals surface area contributed by atoms with Crippen molar-refractivity contribution in [2.45, 2.75) is 44.6 Å². The van der Waals surface area contributed by atoms with Gasteiger partial charge in [-0.3, -0.25) is 14.4 Å². The Hall–Kier alpha value is -1.59. The maximum Gasteiger partial charge on any atom is 0.306 e. The van der Waals surface area contributed by atoms with Crippen molar-refractivity contribution in [1.82, 2.24) is 4.90 Å². The predicted octanol–water partition coefficient (Wildman–Crippen LogP) is 0.354. The predicted molar refractivity (Wildman–Crippen MR) is 67.0 cm³/mol. The number of carbonyl (C=O) groups is 3. The lowest BCUT2D eigenvalue weighted by molar-refractivity contribution is -0.145. The second-order valence-electron chi connectivity index (χ2n) is 5.49. The van der Waals surface area contributed by atoms with Gasteiger partial charge in [-0.2, -0.15) is 0 Å². The molecule has 2 amide bonds. The summed E-state index contributed by atoms with van der Waals surface area (Å²) in [6.07, 6.45) is 3.93. The van der Waals surface area contributed by atoms with E-state index >= 15 is 0 Å². The van der Waals surface area contributed by atoms with Crippen LogP contribution in [0.2, 0.25) is 0 Å². The van der Waals surface area contributed by atoms with Gasteiger partial charge in [-0.05, 0) is 38.5 Å². The van der Waals surface area contributed by atoms with Crippen LogP contribution >= 0.6 is 0 Å². The molecule has 0 spiro atoms. The summed E-state index contributed by atoms with van der Waals surface area (Å²) in [7, 11) is 0. The van der Waals surface area contributed by atoms with E-state index in [9.17, 15) is 14.4 Å². The van der Waals surface area contributed by atoms with Gasteiger partial charge in [0.25, 0.3) is 0 Å². The quantitative estimate of drug-likeness (QED) is 0.771. The van der Waals surface area contributed by atoms with Gasteiger partial charge in [0.1, 0.15) is 6.04 Å². The van der Waals surface area contributed by atoms with Crippen LogP contribution in [0.3, 0.4) is 0 Å². The highest BCUT2D eigenvalue weighted by molar-refractivity contribution is 5.88. The summed E-state index contributed by atoms with van der Waals surface area (Å²) in [4.78, 5) is 36.3. The molecule has 0 aromatic rings. The summed E-state index contributed by atoms with van der Waals surface area (Å²) in [5, 5.41) is 8.96. The number of aliphatic carboxylic acids is 1. The van der Waals surface area contributed by atoms with Crippen molar-refractivity contribution >= 4 is 17.8 Å². The fourth-order valence-electron chi connectivity index (χ4n) is 3.16. The van der Waals surface area contributed by atoms with Crippen molar-refractivity contribution < 1.29 is 19.5 Å². The molecule has 1 aliphatic carbocycles. The van der Waals surface area contributed by atoms with Gasteiger partial charge in [0.05, 0.1) is 5.92 Å². The zero-order valence-corrected chi connectivity index (χ0v) is 10.9. The van der Waals surface area contributed by atoms with Gasteiger partial charge >= 0.3 is 5.97 Å². The number of carboxylic acid groups (broad SMARTS) is 1. The number of nitrogens with two attached hydrogens (primary N) is 1. The molecule has 1 aliphatic heterocycles. The molecule has 1 saturated heterocycles. The summed E-state index contributed by atoms with van der Waals surface area (Å²) < 4.78 is 0. The Morgan fingerprint density at radius 3 is 2.32 bits per heavy atom.